The number of anilines is 1. The highest BCUT2D eigenvalue weighted by atomic mass is 32.2. The second-order valence-electron chi connectivity index (χ2n) is 4.66. The number of nitrogens with one attached hydrogen (secondary N) is 2. The van der Waals surface area contributed by atoms with Crippen LogP contribution in [0.3, 0.4) is 0 Å². The number of amides is 1. The molecule has 2 rings (SSSR count). The fraction of sp³-hybridized carbons (Fsp3) is 0.571. The Kier molecular flexibility index (Phi) is 5.51. The van der Waals surface area contributed by atoms with E-state index in [9.17, 15) is 4.79 Å². The van der Waals surface area contributed by atoms with Gasteiger partial charge in [0, 0.05) is 30.2 Å². The monoisotopic (exact) mass is 279 g/mol. The molecule has 1 amide bonds. The number of hydrogen-bond donors (Lipinski definition) is 2. The lowest BCUT2D eigenvalue weighted by atomic mass is 10.2. The molecule has 0 aromatic carbocycles. The van der Waals surface area contributed by atoms with Crippen molar-refractivity contribution in [2.75, 3.05) is 24.2 Å². The number of rotatable bonds is 5. The molecule has 5 heteroatoms. The van der Waals surface area contributed by atoms with Gasteiger partial charge in [-0.25, -0.2) is 0 Å². The fourth-order valence-corrected chi connectivity index (χ4v) is 3.35. The van der Waals surface area contributed by atoms with Gasteiger partial charge >= 0.3 is 0 Å². The lowest BCUT2D eigenvalue weighted by Crippen LogP contribution is -2.24. The molecule has 104 valence electrons. The van der Waals surface area contributed by atoms with Crippen LogP contribution >= 0.6 is 11.8 Å². The van der Waals surface area contributed by atoms with E-state index in [4.69, 9.17) is 0 Å². The van der Waals surface area contributed by atoms with Gasteiger partial charge in [0.15, 0.2) is 0 Å². The topological polar surface area (TPSA) is 54.0 Å². The van der Waals surface area contributed by atoms with E-state index in [0.717, 1.165) is 12.2 Å². The number of thioether (sulfide) groups is 1. The first-order valence-corrected chi connectivity index (χ1v) is 7.94. The van der Waals surface area contributed by atoms with Gasteiger partial charge in [-0.15, -0.1) is 0 Å². The van der Waals surface area contributed by atoms with Gasteiger partial charge in [-0.2, -0.15) is 11.8 Å². The molecule has 1 saturated heterocycles. The van der Waals surface area contributed by atoms with Crippen molar-refractivity contribution >= 4 is 23.4 Å². The molecule has 4 nitrogen and oxygen atoms in total. The maximum Gasteiger partial charge on any atom is 0.269 e. The Morgan fingerprint density at radius 2 is 2.42 bits per heavy atom. The van der Waals surface area contributed by atoms with Crippen molar-refractivity contribution in [2.24, 2.45) is 0 Å². The maximum atomic E-state index is 11.7. The van der Waals surface area contributed by atoms with Gasteiger partial charge in [0.2, 0.25) is 0 Å². The predicted octanol–water partition coefficient (Wildman–Crippen LogP) is 2.53. The van der Waals surface area contributed by atoms with E-state index >= 15 is 0 Å². The third-order valence-electron chi connectivity index (χ3n) is 3.14. The van der Waals surface area contributed by atoms with E-state index in [1.807, 2.05) is 30.8 Å². The highest BCUT2D eigenvalue weighted by molar-refractivity contribution is 7.99. The van der Waals surface area contributed by atoms with Gasteiger partial charge in [-0.05, 0) is 37.7 Å². The summed E-state index contributed by atoms with van der Waals surface area (Å²) in [5.41, 5.74) is 1.45. The summed E-state index contributed by atoms with van der Waals surface area (Å²) < 4.78 is 0. The van der Waals surface area contributed by atoms with E-state index < -0.39 is 0 Å². The van der Waals surface area contributed by atoms with Crippen molar-refractivity contribution in [3.8, 4) is 0 Å². The minimum absolute atomic E-state index is 0.113. The number of carbonyl (C=O) groups is 1. The predicted molar refractivity (Wildman–Crippen MR) is 80.8 cm³/mol. The molecule has 2 N–H and O–H groups in total. The quantitative estimate of drug-likeness (QED) is 0.869. The molecule has 1 atom stereocenters. The summed E-state index contributed by atoms with van der Waals surface area (Å²) in [7, 11) is 0. The number of pyridine rings is 1. The molecule has 0 spiro atoms. The van der Waals surface area contributed by atoms with Crippen LogP contribution in [0, 0.1) is 0 Å². The zero-order chi connectivity index (χ0) is 13.5. The minimum Gasteiger partial charge on any atom is -0.384 e. The van der Waals surface area contributed by atoms with E-state index in [0.29, 0.717) is 17.5 Å². The molecule has 0 aliphatic carbocycles. The van der Waals surface area contributed by atoms with Crippen LogP contribution in [0.4, 0.5) is 5.69 Å². The zero-order valence-corrected chi connectivity index (χ0v) is 12.1. The second kappa shape index (κ2) is 7.38. The summed E-state index contributed by atoms with van der Waals surface area (Å²) in [6.07, 6.45) is 5.64. The Morgan fingerprint density at radius 3 is 3.16 bits per heavy atom. The molecule has 1 aromatic heterocycles. The van der Waals surface area contributed by atoms with Crippen LogP contribution in [0.15, 0.2) is 18.3 Å². The zero-order valence-electron chi connectivity index (χ0n) is 11.3. The van der Waals surface area contributed by atoms with Crippen molar-refractivity contribution < 1.29 is 4.79 Å². The molecule has 19 heavy (non-hydrogen) atoms. The smallest absolute Gasteiger partial charge is 0.269 e. The number of aromatic nitrogens is 1. The van der Waals surface area contributed by atoms with Crippen molar-refractivity contribution in [1.29, 1.82) is 0 Å². The van der Waals surface area contributed by atoms with Gasteiger partial charge in [0.1, 0.15) is 5.69 Å². The van der Waals surface area contributed by atoms with Crippen molar-refractivity contribution in [3.05, 3.63) is 24.0 Å². The Morgan fingerprint density at radius 1 is 1.53 bits per heavy atom. The third kappa shape index (κ3) is 4.42. The van der Waals surface area contributed by atoms with Crippen molar-refractivity contribution in [3.63, 3.8) is 0 Å². The first kappa shape index (κ1) is 14.2. The highest BCUT2D eigenvalue weighted by Crippen LogP contribution is 2.25. The Balaban J connectivity index is 1.89. The molecule has 1 aliphatic rings. The first-order chi connectivity index (χ1) is 9.29. The molecular weight excluding hydrogens is 258 g/mol. The lowest BCUT2D eigenvalue weighted by Gasteiger charge is -2.22. The van der Waals surface area contributed by atoms with Crippen LogP contribution in [0.25, 0.3) is 0 Å². The summed E-state index contributed by atoms with van der Waals surface area (Å²) in [4.78, 5) is 15.8. The molecule has 0 saturated carbocycles. The van der Waals surface area contributed by atoms with Crippen LogP contribution in [0.2, 0.25) is 0 Å². The van der Waals surface area contributed by atoms with Crippen LogP contribution in [-0.2, 0) is 0 Å². The molecule has 1 fully saturated rings. The van der Waals surface area contributed by atoms with Crippen molar-refractivity contribution in [2.45, 2.75) is 31.4 Å². The Bertz CT molecular complexity index is 419. The van der Waals surface area contributed by atoms with E-state index in [1.165, 1.54) is 25.0 Å². The summed E-state index contributed by atoms with van der Waals surface area (Å²) in [5, 5.41) is 6.86. The maximum absolute atomic E-state index is 11.7. The Labute approximate surface area is 118 Å². The van der Waals surface area contributed by atoms with Crippen LogP contribution in [0.1, 0.15) is 36.7 Å². The molecular formula is C14H21N3OS. The standard InChI is InChI=1S/C14H21N3OS/c1-2-15-14(18)13-9-11(6-7-16-13)17-10-12-5-3-4-8-19-12/h6-7,9,12H,2-5,8,10H2,1H3,(H,15,18)(H,16,17). The average molecular weight is 279 g/mol. The lowest BCUT2D eigenvalue weighted by molar-refractivity contribution is 0.0951. The van der Waals surface area contributed by atoms with Crippen LogP contribution in [0.5, 0.6) is 0 Å². The van der Waals surface area contributed by atoms with Crippen molar-refractivity contribution in [1.82, 2.24) is 10.3 Å². The summed E-state index contributed by atoms with van der Waals surface area (Å²) in [6, 6.07) is 3.73. The molecule has 0 radical (unpaired) electrons. The highest BCUT2D eigenvalue weighted by Gasteiger charge is 2.13. The van der Waals surface area contributed by atoms with Gasteiger partial charge in [-0.1, -0.05) is 6.42 Å². The molecule has 1 aromatic rings. The number of carbonyl (C=O) groups excluding carboxylic acids is 1. The fourth-order valence-electron chi connectivity index (χ4n) is 2.12. The molecule has 1 unspecified atom stereocenters. The largest absolute Gasteiger partial charge is 0.384 e. The summed E-state index contributed by atoms with van der Waals surface area (Å²) >= 11 is 2.04. The molecule has 2 heterocycles. The van der Waals surface area contributed by atoms with Crippen LogP contribution < -0.4 is 10.6 Å². The number of hydrogen-bond acceptors (Lipinski definition) is 4. The second-order valence-corrected chi connectivity index (χ2v) is 6.07. The normalized spacial score (nSPS) is 18.9. The molecule has 1 aliphatic heterocycles. The van der Waals surface area contributed by atoms with Gasteiger partial charge in [0.25, 0.3) is 5.91 Å². The van der Waals surface area contributed by atoms with Gasteiger partial charge in [0.05, 0.1) is 0 Å². The third-order valence-corrected chi connectivity index (χ3v) is 4.54. The van der Waals surface area contributed by atoms with Gasteiger partial charge < -0.3 is 10.6 Å². The van der Waals surface area contributed by atoms with E-state index in [2.05, 4.69) is 15.6 Å². The first-order valence-electron chi connectivity index (χ1n) is 6.89. The van der Waals surface area contributed by atoms with Gasteiger partial charge in [-0.3, -0.25) is 9.78 Å². The SMILES string of the molecule is CCNC(=O)c1cc(NCC2CCCCS2)ccn1. The van der Waals surface area contributed by atoms with Crippen LogP contribution in [-0.4, -0.2) is 35.0 Å². The Hall–Kier alpha value is -1.23. The minimum atomic E-state index is -0.113. The number of nitrogens with zero attached hydrogens (tertiary/aromatic N) is 1. The average Bonchev–Trinajstić information content (AvgIpc) is 2.47. The summed E-state index contributed by atoms with van der Waals surface area (Å²) in [5.74, 6) is 1.16. The van der Waals surface area contributed by atoms with E-state index in [1.54, 1.807) is 6.20 Å². The summed E-state index contributed by atoms with van der Waals surface area (Å²) in [6.45, 7) is 3.49. The van der Waals surface area contributed by atoms with E-state index in [-0.39, 0.29) is 5.91 Å². The molecule has 0 bridgehead atoms.